The third-order valence-electron chi connectivity index (χ3n) is 2.46. The van der Waals surface area contributed by atoms with Crippen molar-refractivity contribution < 1.29 is 9.84 Å². The molecule has 1 N–H and O–H groups in total. The van der Waals surface area contributed by atoms with Crippen molar-refractivity contribution in [1.82, 2.24) is 14.5 Å². The lowest BCUT2D eigenvalue weighted by Gasteiger charge is -2.11. The van der Waals surface area contributed by atoms with Crippen LogP contribution in [0.2, 0.25) is 0 Å². The van der Waals surface area contributed by atoms with Gasteiger partial charge in [-0.3, -0.25) is 4.98 Å². The van der Waals surface area contributed by atoms with Gasteiger partial charge < -0.3 is 14.4 Å². The van der Waals surface area contributed by atoms with Gasteiger partial charge in [-0.15, -0.1) is 0 Å². The molecule has 0 spiro atoms. The van der Waals surface area contributed by atoms with Crippen LogP contribution < -0.4 is 4.74 Å². The molecule has 2 aromatic rings. The van der Waals surface area contributed by atoms with E-state index in [0.717, 1.165) is 0 Å². The highest BCUT2D eigenvalue weighted by atomic mass is 16.5. The number of nitrogens with zero attached hydrogens (tertiary/aromatic N) is 3. The van der Waals surface area contributed by atoms with E-state index in [1.165, 1.54) is 0 Å². The number of pyridine rings is 1. The Bertz CT molecular complexity index is 496. The number of hydrogen-bond donors (Lipinski definition) is 1. The summed E-state index contributed by atoms with van der Waals surface area (Å²) in [5.41, 5.74) is 0.672. The maximum atomic E-state index is 10.2. The fourth-order valence-electron chi connectivity index (χ4n) is 1.62. The van der Waals surface area contributed by atoms with E-state index in [0.29, 0.717) is 23.7 Å². The number of hydrogen-bond acceptors (Lipinski definition) is 4. The molecule has 2 heterocycles. The minimum absolute atomic E-state index is 0.573. The van der Waals surface area contributed by atoms with E-state index in [1.807, 2.05) is 14.0 Å². The van der Waals surface area contributed by atoms with Gasteiger partial charge in [-0.25, -0.2) is 4.98 Å². The van der Waals surface area contributed by atoms with E-state index in [1.54, 1.807) is 35.4 Å². The van der Waals surface area contributed by atoms with Gasteiger partial charge in [-0.2, -0.15) is 0 Å². The molecule has 0 aliphatic carbocycles. The molecule has 0 aromatic carbocycles. The second-order valence-electron chi connectivity index (χ2n) is 3.69. The molecule has 2 aromatic heterocycles. The molecule has 0 radical (unpaired) electrons. The summed E-state index contributed by atoms with van der Waals surface area (Å²) in [5, 5.41) is 10.2. The number of rotatable bonds is 4. The number of aliphatic hydroxyl groups excluding tert-OH is 1. The predicted molar refractivity (Wildman–Crippen MR) is 62.7 cm³/mol. The molecule has 90 valence electrons. The number of aromatic nitrogens is 3. The van der Waals surface area contributed by atoms with Crippen LogP contribution in [-0.2, 0) is 7.05 Å². The van der Waals surface area contributed by atoms with Gasteiger partial charge >= 0.3 is 0 Å². The van der Waals surface area contributed by atoms with Gasteiger partial charge in [0.05, 0.1) is 12.8 Å². The Morgan fingerprint density at radius 3 is 2.94 bits per heavy atom. The van der Waals surface area contributed by atoms with Crippen LogP contribution in [0.25, 0.3) is 0 Å². The van der Waals surface area contributed by atoms with Crippen LogP contribution in [0.3, 0.4) is 0 Å². The summed E-state index contributed by atoms with van der Waals surface area (Å²) < 4.78 is 7.12. The first-order valence-electron chi connectivity index (χ1n) is 5.45. The van der Waals surface area contributed by atoms with Crippen molar-refractivity contribution in [3.8, 4) is 5.75 Å². The summed E-state index contributed by atoms with van der Waals surface area (Å²) in [6, 6.07) is 1.77. The SMILES string of the molecule is CCOc1cncc(C(O)c2nccn2C)c1. The van der Waals surface area contributed by atoms with Gasteiger partial charge in [0.1, 0.15) is 17.7 Å². The highest BCUT2D eigenvalue weighted by Gasteiger charge is 2.15. The number of aliphatic hydroxyl groups is 1. The maximum absolute atomic E-state index is 10.2. The number of imidazole rings is 1. The van der Waals surface area contributed by atoms with Crippen LogP contribution in [0, 0.1) is 0 Å². The van der Waals surface area contributed by atoms with E-state index in [2.05, 4.69) is 9.97 Å². The molecule has 1 atom stereocenters. The Morgan fingerprint density at radius 2 is 2.29 bits per heavy atom. The molecule has 17 heavy (non-hydrogen) atoms. The summed E-state index contributed by atoms with van der Waals surface area (Å²) in [5.74, 6) is 1.23. The molecule has 0 aliphatic rings. The summed E-state index contributed by atoms with van der Waals surface area (Å²) in [6.07, 6.45) is 5.89. The van der Waals surface area contributed by atoms with E-state index >= 15 is 0 Å². The van der Waals surface area contributed by atoms with Crippen molar-refractivity contribution in [1.29, 1.82) is 0 Å². The molecule has 0 bridgehead atoms. The summed E-state index contributed by atoms with van der Waals surface area (Å²) >= 11 is 0. The van der Waals surface area contributed by atoms with Gasteiger partial charge in [0, 0.05) is 31.2 Å². The zero-order valence-electron chi connectivity index (χ0n) is 9.87. The Hall–Kier alpha value is -1.88. The lowest BCUT2D eigenvalue weighted by Crippen LogP contribution is -2.07. The lowest BCUT2D eigenvalue weighted by atomic mass is 10.1. The van der Waals surface area contributed by atoms with Crippen LogP contribution in [-0.4, -0.2) is 26.2 Å². The van der Waals surface area contributed by atoms with Crippen molar-refractivity contribution in [3.63, 3.8) is 0 Å². The van der Waals surface area contributed by atoms with Crippen molar-refractivity contribution in [2.75, 3.05) is 6.61 Å². The maximum Gasteiger partial charge on any atom is 0.142 e. The van der Waals surface area contributed by atoms with E-state index < -0.39 is 6.10 Å². The van der Waals surface area contributed by atoms with Crippen molar-refractivity contribution in [2.45, 2.75) is 13.0 Å². The Kier molecular flexibility index (Phi) is 3.39. The molecular formula is C12H15N3O2. The van der Waals surface area contributed by atoms with Crippen molar-refractivity contribution >= 4 is 0 Å². The Labute approximate surface area is 99.7 Å². The van der Waals surface area contributed by atoms with Gasteiger partial charge in [-0.05, 0) is 13.0 Å². The monoisotopic (exact) mass is 233 g/mol. The first-order valence-corrected chi connectivity index (χ1v) is 5.45. The molecule has 0 amide bonds. The van der Waals surface area contributed by atoms with E-state index in [-0.39, 0.29) is 0 Å². The van der Waals surface area contributed by atoms with Gasteiger partial charge in [0.2, 0.25) is 0 Å². The average molecular weight is 233 g/mol. The van der Waals surface area contributed by atoms with Crippen LogP contribution in [0.15, 0.2) is 30.9 Å². The molecule has 0 fully saturated rings. The third-order valence-corrected chi connectivity index (χ3v) is 2.46. The smallest absolute Gasteiger partial charge is 0.142 e. The zero-order chi connectivity index (χ0) is 12.3. The summed E-state index contributed by atoms with van der Waals surface area (Å²) in [4.78, 5) is 8.15. The second kappa shape index (κ2) is 4.97. The molecule has 2 rings (SSSR count). The standard InChI is InChI=1S/C12H15N3O2/c1-3-17-10-6-9(7-13-8-10)11(16)12-14-4-5-15(12)2/h4-8,11,16H,3H2,1-2H3. The second-order valence-corrected chi connectivity index (χ2v) is 3.69. The predicted octanol–water partition coefficient (Wildman–Crippen LogP) is 1.30. The van der Waals surface area contributed by atoms with Gasteiger partial charge in [0.25, 0.3) is 0 Å². The Morgan fingerprint density at radius 1 is 1.47 bits per heavy atom. The molecule has 0 saturated carbocycles. The van der Waals surface area contributed by atoms with Crippen LogP contribution >= 0.6 is 0 Å². The molecule has 0 aliphatic heterocycles. The largest absolute Gasteiger partial charge is 0.492 e. The van der Waals surface area contributed by atoms with Crippen LogP contribution in [0.4, 0.5) is 0 Å². The Balaban J connectivity index is 2.28. The summed E-state index contributed by atoms with van der Waals surface area (Å²) in [7, 11) is 1.84. The minimum Gasteiger partial charge on any atom is -0.492 e. The molecular weight excluding hydrogens is 218 g/mol. The van der Waals surface area contributed by atoms with E-state index in [9.17, 15) is 5.11 Å². The summed E-state index contributed by atoms with van der Waals surface area (Å²) in [6.45, 7) is 2.48. The fraction of sp³-hybridized carbons (Fsp3) is 0.333. The highest BCUT2D eigenvalue weighted by molar-refractivity contribution is 5.28. The molecule has 5 nitrogen and oxygen atoms in total. The lowest BCUT2D eigenvalue weighted by molar-refractivity contribution is 0.205. The van der Waals surface area contributed by atoms with E-state index in [4.69, 9.17) is 4.74 Å². The molecule has 1 unspecified atom stereocenters. The first kappa shape index (κ1) is 11.6. The first-order chi connectivity index (χ1) is 8.22. The zero-order valence-corrected chi connectivity index (χ0v) is 9.87. The number of aryl methyl sites for hydroxylation is 1. The average Bonchev–Trinajstić information content (AvgIpc) is 2.75. The van der Waals surface area contributed by atoms with Crippen LogP contribution in [0.1, 0.15) is 24.4 Å². The third kappa shape index (κ3) is 2.45. The van der Waals surface area contributed by atoms with Crippen LogP contribution in [0.5, 0.6) is 5.75 Å². The highest BCUT2D eigenvalue weighted by Crippen LogP contribution is 2.22. The quantitative estimate of drug-likeness (QED) is 0.864. The van der Waals surface area contributed by atoms with Gasteiger partial charge in [0.15, 0.2) is 0 Å². The van der Waals surface area contributed by atoms with Crippen molar-refractivity contribution in [2.24, 2.45) is 7.05 Å². The number of ether oxygens (including phenoxy) is 1. The van der Waals surface area contributed by atoms with Gasteiger partial charge in [-0.1, -0.05) is 0 Å². The normalized spacial score (nSPS) is 12.4. The molecule has 0 saturated heterocycles. The van der Waals surface area contributed by atoms with Crippen molar-refractivity contribution in [3.05, 3.63) is 42.2 Å². The fourth-order valence-corrected chi connectivity index (χ4v) is 1.62. The topological polar surface area (TPSA) is 60.2 Å². The molecule has 5 heteroatoms. The minimum atomic E-state index is -0.789.